The molecular formula is C26H26ClN3O4. The Balaban J connectivity index is 1.69. The minimum Gasteiger partial charge on any atom is -0.493 e. The number of hydrogen-bond acceptors (Lipinski definition) is 7. The van der Waals surface area contributed by atoms with Crippen molar-refractivity contribution in [3.63, 3.8) is 0 Å². The molecule has 0 heterocycles. The number of halogens is 1. The average molecular weight is 480 g/mol. The standard InChI is InChI=1S/C26H26ClN3O4/c1-4-33-25-13-19(16-30-29-15-18-9-10-23(31-2)24(12-18)32-3)11-22(27)26(25)34-17-21-8-6-5-7-20(21)14-28/h5-13,16,29H,4,15,17H2,1-3H3/b30-16+. The van der Waals surface area contributed by atoms with Gasteiger partial charge in [-0.2, -0.15) is 10.4 Å². The van der Waals surface area contributed by atoms with Crippen LogP contribution in [0, 0.1) is 11.3 Å². The molecule has 34 heavy (non-hydrogen) atoms. The van der Waals surface area contributed by atoms with E-state index in [0.717, 1.165) is 16.7 Å². The zero-order chi connectivity index (χ0) is 24.3. The van der Waals surface area contributed by atoms with E-state index in [1.807, 2.05) is 49.4 Å². The first-order valence-corrected chi connectivity index (χ1v) is 11.0. The highest BCUT2D eigenvalue weighted by molar-refractivity contribution is 6.32. The van der Waals surface area contributed by atoms with Gasteiger partial charge in [0.2, 0.25) is 0 Å². The molecule has 0 unspecified atom stereocenters. The van der Waals surface area contributed by atoms with Crippen molar-refractivity contribution < 1.29 is 18.9 Å². The maximum Gasteiger partial charge on any atom is 0.180 e. The van der Waals surface area contributed by atoms with E-state index in [1.54, 1.807) is 32.6 Å². The number of hydrogen-bond donors (Lipinski definition) is 1. The van der Waals surface area contributed by atoms with E-state index in [1.165, 1.54) is 0 Å². The normalized spacial score (nSPS) is 10.6. The molecule has 3 rings (SSSR count). The van der Waals surface area contributed by atoms with Gasteiger partial charge in [-0.25, -0.2) is 0 Å². The van der Waals surface area contributed by atoms with Crippen LogP contribution in [0.15, 0.2) is 59.7 Å². The summed E-state index contributed by atoms with van der Waals surface area (Å²) in [5.41, 5.74) is 6.08. The smallest absolute Gasteiger partial charge is 0.180 e. The van der Waals surface area contributed by atoms with Crippen LogP contribution >= 0.6 is 11.6 Å². The number of benzene rings is 3. The third-order valence-corrected chi connectivity index (χ3v) is 5.16. The number of ether oxygens (including phenoxy) is 4. The van der Waals surface area contributed by atoms with Gasteiger partial charge in [0, 0.05) is 5.56 Å². The Hall–Kier alpha value is -3.89. The van der Waals surface area contributed by atoms with E-state index in [4.69, 9.17) is 30.5 Å². The lowest BCUT2D eigenvalue weighted by Crippen LogP contribution is -2.06. The Bertz CT molecular complexity index is 1190. The molecule has 0 amide bonds. The molecule has 7 nitrogen and oxygen atoms in total. The van der Waals surface area contributed by atoms with E-state index in [2.05, 4.69) is 16.6 Å². The van der Waals surface area contributed by atoms with E-state index in [-0.39, 0.29) is 6.61 Å². The van der Waals surface area contributed by atoms with E-state index in [9.17, 15) is 5.26 Å². The Morgan fingerprint density at radius 1 is 1.00 bits per heavy atom. The summed E-state index contributed by atoms with van der Waals surface area (Å²) in [6.07, 6.45) is 1.66. The van der Waals surface area contributed by atoms with Crippen molar-refractivity contribution in [2.45, 2.75) is 20.1 Å². The molecule has 3 aromatic carbocycles. The summed E-state index contributed by atoms with van der Waals surface area (Å²) in [6.45, 7) is 3.03. The highest BCUT2D eigenvalue weighted by Crippen LogP contribution is 2.37. The zero-order valence-electron chi connectivity index (χ0n) is 19.3. The van der Waals surface area contributed by atoms with Gasteiger partial charge in [0.25, 0.3) is 0 Å². The molecule has 0 aromatic heterocycles. The third kappa shape index (κ3) is 6.33. The van der Waals surface area contributed by atoms with Crippen molar-refractivity contribution in [2.24, 2.45) is 5.10 Å². The molecule has 176 valence electrons. The fraction of sp³-hybridized carbons (Fsp3) is 0.231. The van der Waals surface area contributed by atoms with Crippen molar-refractivity contribution in [2.75, 3.05) is 20.8 Å². The van der Waals surface area contributed by atoms with Crippen LogP contribution in [-0.4, -0.2) is 27.0 Å². The average Bonchev–Trinajstić information content (AvgIpc) is 2.86. The lowest BCUT2D eigenvalue weighted by molar-refractivity contribution is 0.269. The molecular weight excluding hydrogens is 454 g/mol. The second-order valence-corrected chi connectivity index (χ2v) is 7.51. The Morgan fingerprint density at radius 2 is 1.79 bits per heavy atom. The van der Waals surface area contributed by atoms with Crippen LogP contribution in [-0.2, 0) is 13.2 Å². The van der Waals surface area contributed by atoms with E-state index >= 15 is 0 Å². The largest absolute Gasteiger partial charge is 0.493 e. The first kappa shape index (κ1) is 24.7. The topological polar surface area (TPSA) is 85.1 Å². The Kier molecular flexibility index (Phi) is 9.01. The summed E-state index contributed by atoms with van der Waals surface area (Å²) >= 11 is 6.50. The molecule has 0 aliphatic rings. The SMILES string of the molecule is CCOc1cc(/C=N/NCc2ccc(OC)c(OC)c2)cc(Cl)c1OCc1ccccc1C#N. The van der Waals surface area contributed by atoms with Gasteiger partial charge in [-0.1, -0.05) is 35.9 Å². The molecule has 0 bridgehead atoms. The molecule has 0 aliphatic carbocycles. The molecule has 0 saturated heterocycles. The van der Waals surface area contributed by atoms with Crippen molar-refractivity contribution in [1.29, 1.82) is 5.26 Å². The summed E-state index contributed by atoms with van der Waals surface area (Å²) in [5, 5.41) is 14.0. The lowest BCUT2D eigenvalue weighted by atomic mass is 10.1. The summed E-state index contributed by atoms with van der Waals surface area (Å²) in [6, 6.07) is 18.7. The fourth-order valence-corrected chi connectivity index (χ4v) is 3.49. The number of nitriles is 1. The zero-order valence-corrected chi connectivity index (χ0v) is 20.1. The second kappa shape index (κ2) is 12.4. The molecule has 3 aromatic rings. The number of hydrazone groups is 1. The molecule has 8 heteroatoms. The van der Waals surface area contributed by atoms with Gasteiger partial charge in [-0.05, 0) is 48.4 Å². The summed E-state index contributed by atoms with van der Waals surface area (Å²) in [7, 11) is 3.20. The van der Waals surface area contributed by atoms with Gasteiger partial charge in [0.15, 0.2) is 23.0 Å². The third-order valence-electron chi connectivity index (χ3n) is 4.88. The first-order chi connectivity index (χ1) is 16.6. The highest BCUT2D eigenvalue weighted by Gasteiger charge is 2.13. The van der Waals surface area contributed by atoms with Crippen LogP contribution in [0.5, 0.6) is 23.0 Å². The monoisotopic (exact) mass is 479 g/mol. The second-order valence-electron chi connectivity index (χ2n) is 7.10. The van der Waals surface area contributed by atoms with Crippen molar-refractivity contribution in [3.8, 4) is 29.1 Å². The number of methoxy groups -OCH3 is 2. The van der Waals surface area contributed by atoms with Gasteiger partial charge in [-0.3, -0.25) is 0 Å². The number of nitrogens with zero attached hydrogens (tertiary/aromatic N) is 2. The molecule has 1 N–H and O–H groups in total. The minimum atomic E-state index is 0.198. The van der Waals surface area contributed by atoms with Crippen LogP contribution in [0.3, 0.4) is 0 Å². The molecule has 0 saturated carbocycles. The molecule has 0 radical (unpaired) electrons. The van der Waals surface area contributed by atoms with Gasteiger partial charge in [0.05, 0.1) is 50.2 Å². The predicted octanol–water partition coefficient (Wildman–Crippen LogP) is 5.33. The molecule has 0 atom stereocenters. The van der Waals surface area contributed by atoms with Crippen molar-refractivity contribution in [3.05, 3.63) is 81.9 Å². The van der Waals surface area contributed by atoms with Crippen LogP contribution in [0.25, 0.3) is 0 Å². The van der Waals surface area contributed by atoms with Crippen LogP contribution < -0.4 is 24.4 Å². The quantitative estimate of drug-likeness (QED) is 0.295. The van der Waals surface area contributed by atoms with Gasteiger partial charge >= 0.3 is 0 Å². The molecule has 0 spiro atoms. The fourth-order valence-electron chi connectivity index (χ4n) is 3.22. The van der Waals surface area contributed by atoms with E-state index < -0.39 is 0 Å². The van der Waals surface area contributed by atoms with Crippen LogP contribution in [0.2, 0.25) is 5.02 Å². The molecule has 0 fully saturated rings. The summed E-state index contributed by atoms with van der Waals surface area (Å²) in [4.78, 5) is 0. The number of nitrogens with one attached hydrogen (secondary N) is 1. The highest BCUT2D eigenvalue weighted by atomic mass is 35.5. The Morgan fingerprint density at radius 3 is 2.53 bits per heavy atom. The number of rotatable bonds is 11. The summed E-state index contributed by atoms with van der Waals surface area (Å²) < 4.78 is 22.3. The molecule has 0 aliphatic heterocycles. The maximum absolute atomic E-state index is 9.28. The van der Waals surface area contributed by atoms with Crippen molar-refractivity contribution >= 4 is 17.8 Å². The lowest BCUT2D eigenvalue weighted by Gasteiger charge is -2.15. The Labute approximate surface area is 204 Å². The van der Waals surface area contributed by atoms with E-state index in [0.29, 0.717) is 46.7 Å². The minimum absolute atomic E-state index is 0.198. The maximum atomic E-state index is 9.28. The van der Waals surface area contributed by atoms with Gasteiger partial charge in [-0.15, -0.1) is 0 Å². The van der Waals surface area contributed by atoms with Crippen LogP contribution in [0.1, 0.15) is 29.2 Å². The van der Waals surface area contributed by atoms with Gasteiger partial charge in [0.1, 0.15) is 6.61 Å². The summed E-state index contributed by atoms with van der Waals surface area (Å²) in [5.74, 6) is 2.26. The first-order valence-electron chi connectivity index (χ1n) is 10.6. The van der Waals surface area contributed by atoms with Crippen LogP contribution in [0.4, 0.5) is 0 Å². The predicted molar refractivity (Wildman–Crippen MR) is 132 cm³/mol. The van der Waals surface area contributed by atoms with Crippen molar-refractivity contribution in [1.82, 2.24) is 5.43 Å². The van der Waals surface area contributed by atoms with Gasteiger partial charge < -0.3 is 24.4 Å².